The maximum atomic E-state index is 13.5. The van der Waals surface area contributed by atoms with Gasteiger partial charge in [-0.2, -0.15) is 0 Å². The van der Waals surface area contributed by atoms with Crippen LogP contribution in [0.3, 0.4) is 0 Å². The number of carbonyl (C=O) groups is 1. The Bertz CT molecular complexity index is 1000. The van der Waals surface area contributed by atoms with Crippen LogP contribution in [-0.4, -0.2) is 41.1 Å². The van der Waals surface area contributed by atoms with Crippen LogP contribution >= 0.6 is 39.1 Å². The van der Waals surface area contributed by atoms with E-state index in [1.165, 1.54) is 0 Å². The lowest BCUT2D eigenvalue weighted by molar-refractivity contribution is -0.124. The molecule has 2 aromatic carbocycles. The summed E-state index contributed by atoms with van der Waals surface area (Å²) in [6.45, 7) is 5.83. The molecule has 4 nitrogen and oxygen atoms in total. The van der Waals surface area contributed by atoms with Gasteiger partial charge in [0.1, 0.15) is 0 Å². The Morgan fingerprint density at radius 2 is 1.84 bits per heavy atom. The number of carbonyl (C=O) groups excluding carboxylic acids is 1. The summed E-state index contributed by atoms with van der Waals surface area (Å²) in [5.74, 6) is -0.0259. The third-order valence-electron chi connectivity index (χ3n) is 6.56. The first kappa shape index (κ1) is 23.6. The third kappa shape index (κ3) is 5.17. The molecule has 7 heteroatoms. The summed E-state index contributed by atoms with van der Waals surface area (Å²) in [5.41, 5.74) is 2.21. The van der Waals surface area contributed by atoms with Crippen molar-refractivity contribution in [2.45, 2.75) is 49.7 Å². The fourth-order valence-electron chi connectivity index (χ4n) is 4.40. The molecule has 1 saturated heterocycles. The van der Waals surface area contributed by atoms with Crippen molar-refractivity contribution >= 4 is 45.0 Å². The second-order valence-corrected chi connectivity index (χ2v) is 10.5. The molecule has 0 unspecified atom stereocenters. The number of nitrogens with zero attached hydrogens (tertiary/aromatic N) is 1. The minimum atomic E-state index is -0.613. The van der Waals surface area contributed by atoms with Gasteiger partial charge in [-0.05, 0) is 67.5 Å². The summed E-state index contributed by atoms with van der Waals surface area (Å²) in [7, 11) is 0. The highest BCUT2D eigenvalue weighted by atomic mass is 79.9. The van der Waals surface area contributed by atoms with Crippen LogP contribution in [0.5, 0.6) is 0 Å². The van der Waals surface area contributed by atoms with Crippen molar-refractivity contribution in [3.8, 4) is 0 Å². The second-order valence-electron chi connectivity index (χ2n) is 8.77. The van der Waals surface area contributed by atoms with Crippen LogP contribution in [0, 0.1) is 0 Å². The van der Waals surface area contributed by atoms with Crippen molar-refractivity contribution < 1.29 is 9.90 Å². The highest BCUT2D eigenvalue weighted by Crippen LogP contribution is 2.51. The Balaban J connectivity index is 1.55. The number of aliphatic hydroxyl groups excluding tert-OH is 1. The summed E-state index contributed by atoms with van der Waals surface area (Å²) in [4.78, 5) is 15.7. The Labute approximate surface area is 207 Å². The predicted molar refractivity (Wildman–Crippen MR) is 133 cm³/mol. The first-order valence-electron chi connectivity index (χ1n) is 10.9. The van der Waals surface area contributed by atoms with E-state index >= 15 is 0 Å². The van der Waals surface area contributed by atoms with Gasteiger partial charge in [0, 0.05) is 33.3 Å². The molecular formula is C25H27BrCl2N2O2. The van der Waals surface area contributed by atoms with E-state index in [1.807, 2.05) is 18.2 Å². The molecule has 0 radical (unpaired) electrons. The normalized spacial score (nSPS) is 18.8. The van der Waals surface area contributed by atoms with Gasteiger partial charge in [0.2, 0.25) is 5.91 Å². The maximum absolute atomic E-state index is 13.5. The van der Waals surface area contributed by atoms with E-state index in [4.69, 9.17) is 23.2 Å². The van der Waals surface area contributed by atoms with Gasteiger partial charge in [-0.25, -0.2) is 0 Å². The number of aliphatic hydroxyl groups is 1. The highest BCUT2D eigenvalue weighted by molar-refractivity contribution is 9.10. The summed E-state index contributed by atoms with van der Waals surface area (Å²) < 4.78 is 1.01. The number of amides is 1. The Kier molecular flexibility index (Phi) is 7.21. The van der Waals surface area contributed by atoms with E-state index in [1.54, 1.807) is 12.1 Å². The smallest absolute Gasteiger partial charge is 0.231 e. The lowest BCUT2D eigenvalue weighted by Crippen LogP contribution is -2.48. The Morgan fingerprint density at radius 1 is 1.19 bits per heavy atom. The van der Waals surface area contributed by atoms with Crippen LogP contribution in [0.15, 0.2) is 59.2 Å². The first-order valence-corrected chi connectivity index (χ1v) is 12.5. The maximum Gasteiger partial charge on any atom is 0.231 e. The average molecular weight is 538 g/mol. The molecular weight excluding hydrogens is 511 g/mol. The highest BCUT2D eigenvalue weighted by Gasteiger charge is 2.52. The van der Waals surface area contributed by atoms with E-state index in [-0.39, 0.29) is 18.1 Å². The van der Waals surface area contributed by atoms with Crippen molar-refractivity contribution in [3.05, 3.63) is 80.4 Å². The summed E-state index contributed by atoms with van der Waals surface area (Å²) in [6.07, 6.45) is 3.31. The van der Waals surface area contributed by atoms with E-state index in [9.17, 15) is 9.90 Å². The zero-order valence-corrected chi connectivity index (χ0v) is 20.9. The average Bonchev–Trinajstić information content (AvgIpc) is 3.56. The lowest BCUT2D eigenvalue weighted by atomic mass is 9.93. The largest absolute Gasteiger partial charge is 0.393 e. The molecule has 0 bridgehead atoms. The number of rotatable bonds is 7. The van der Waals surface area contributed by atoms with Gasteiger partial charge in [-0.15, -0.1) is 0 Å². The van der Waals surface area contributed by atoms with Crippen LogP contribution in [0.2, 0.25) is 10.0 Å². The standard InChI is InChI=1S/C25H27BrCl2N2O2/c1-16(30-12-8-20(31)9-13-30)23(14-17-2-4-18(26)5-3-17)29-24(32)25(10-11-25)21-7-6-19(27)15-22(21)28/h2-7,15,20,23,31H,1,8-14H2,(H,29,32)/t23-/m0/s1. The van der Waals surface area contributed by atoms with Crippen LogP contribution in [0.25, 0.3) is 0 Å². The molecule has 2 aliphatic rings. The van der Waals surface area contributed by atoms with E-state index in [2.05, 4.69) is 44.9 Å². The Hall–Kier alpha value is -1.53. The van der Waals surface area contributed by atoms with Crippen LogP contribution in [0.1, 0.15) is 36.8 Å². The molecule has 2 N–H and O–H groups in total. The molecule has 0 aromatic heterocycles. The fraction of sp³-hybridized carbons (Fsp3) is 0.400. The van der Waals surface area contributed by atoms with Crippen molar-refractivity contribution in [1.82, 2.24) is 10.2 Å². The molecule has 1 atom stereocenters. The number of benzene rings is 2. The summed E-state index contributed by atoms with van der Waals surface area (Å²) >= 11 is 16.0. The van der Waals surface area contributed by atoms with Gasteiger partial charge in [-0.1, -0.05) is 63.9 Å². The second kappa shape index (κ2) is 9.76. The van der Waals surface area contributed by atoms with Gasteiger partial charge in [-0.3, -0.25) is 4.79 Å². The molecule has 1 heterocycles. The lowest BCUT2D eigenvalue weighted by Gasteiger charge is -2.37. The number of hydrogen-bond donors (Lipinski definition) is 2. The molecule has 2 fully saturated rings. The molecule has 1 aliphatic carbocycles. The van der Waals surface area contributed by atoms with Crippen LogP contribution < -0.4 is 5.32 Å². The van der Waals surface area contributed by atoms with Crippen molar-refractivity contribution in [2.75, 3.05) is 13.1 Å². The number of hydrogen-bond acceptors (Lipinski definition) is 3. The molecule has 32 heavy (non-hydrogen) atoms. The quantitative estimate of drug-likeness (QED) is 0.491. The van der Waals surface area contributed by atoms with Crippen molar-refractivity contribution in [1.29, 1.82) is 0 Å². The predicted octanol–water partition coefficient (Wildman–Crippen LogP) is 5.49. The Morgan fingerprint density at radius 3 is 2.44 bits per heavy atom. The van der Waals surface area contributed by atoms with Gasteiger partial charge in [0.15, 0.2) is 0 Å². The molecule has 2 aromatic rings. The number of likely N-dealkylation sites (tertiary alicyclic amines) is 1. The van der Waals surface area contributed by atoms with Gasteiger partial charge >= 0.3 is 0 Å². The fourth-order valence-corrected chi connectivity index (χ4v) is 5.25. The van der Waals surface area contributed by atoms with Gasteiger partial charge < -0.3 is 15.3 Å². The van der Waals surface area contributed by atoms with E-state index < -0.39 is 5.41 Å². The zero-order valence-electron chi connectivity index (χ0n) is 17.8. The molecule has 0 spiro atoms. The molecule has 1 aliphatic heterocycles. The van der Waals surface area contributed by atoms with Crippen LogP contribution in [-0.2, 0) is 16.6 Å². The molecule has 1 saturated carbocycles. The number of halogens is 3. The number of nitrogens with one attached hydrogen (secondary N) is 1. The number of piperidine rings is 1. The van der Waals surface area contributed by atoms with Gasteiger partial charge in [0.25, 0.3) is 0 Å². The summed E-state index contributed by atoms with van der Waals surface area (Å²) in [6, 6.07) is 13.2. The third-order valence-corrected chi connectivity index (χ3v) is 7.64. The topological polar surface area (TPSA) is 52.6 Å². The van der Waals surface area contributed by atoms with E-state index in [0.29, 0.717) is 29.3 Å². The first-order chi connectivity index (χ1) is 15.3. The minimum absolute atomic E-state index is 0.0259. The van der Waals surface area contributed by atoms with E-state index in [0.717, 1.165) is 47.2 Å². The zero-order chi connectivity index (χ0) is 22.9. The summed E-state index contributed by atoms with van der Waals surface area (Å²) in [5, 5.41) is 14.3. The molecule has 1 amide bonds. The molecule has 4 rings (SSSR count). The minimum Gasteiger partial charge on any atom is -0.393 e. The van der Waals surface area contributed by atoms with Gasteiger partial charge in [0.05, 0.1) is 17.6 Å². The van der Waals surface area contributed by atoms with Crippen molar-refractivity contribution in [2.24, 2.45) is 0 Å². The monoisotopic (exact) mass is 536 g/mol. The van der Waals surface area contributed by atoms with Crippen LogP contribution in [0.4, 0.5) is 0 Å². The SMILES string of the molecule is C=C([C@H](Cc1ccc(Br)cc1)NC(=O)C1(c2ccc(Cl)cc2Cl)CC1)N1CCC(O)CC1. The molecule has 170 valence electrons. The van der Waals surface area contributed by atoms with Crippen molar-refractivity contribution in [3.63, 3.8) is 0 Å².